The van der Waals surface area contributed by atoms with Gasteiger partial charge in [-0.3, -0.25) is 4.68 Å². The molecule has 1 aromatic heterocycles. The van der Waals surface area contributed by atoms with Crippen LogP contribution in [0.4, 0.5) is 5.69 Å². The fraction of sp³-hybridized carbons (Fsp3) is 0.438. The monoisotopic (exact) mass is 273 g/mol. The van der Waals surface area contributed by atoms with E-state index in [2.05, 4.69) is 36.4 Å². The largest absolute Gasteiger partial charge is 0.381 e. The predicted molar refractivity (Wildman–Crippen MR) is 81.8 cm³/mol. The quantitative estimate of drug-likeness (QED) is 0.878. The van der Waals surface area contributed by atoms with E-state index in [9.17, 15) is 0 Å². The van der Waals surface area contributed by atoms with Crippen LogP contribution < -0.4 is 5.32 Å². The number of hydrogen-bond donors (Lipinski definition) is 1. The molecule has 2 aromatic rings. The Morgan fingerprint density at radius 3 is 2.65 bits per heavy atom. The van der Waals surface area contributed by atoms with Crippen molar-refractivity contribution in [3.63, 3.8) is 0 Å². The summed E-state index contributed by atoms with van der Waals surface area (Å²) >= 11 is 0. The third-order valence-electron chi connectivity index (χ3n) is 3.59. The van der Waals surface area contributed by atoms with Crippen molar-refractivity contribution in [1.29, 1.82) is 0 Å². The number of hydrogen-bond acceptors (Lipinski definition) is 3. The fourth-order valence-corrected chi connectivity index (χ4v) is 2.29. The highest BCUT2D eigenvalue weighted by Crippen LogP contribution is 2.19. The summed E-state index contributed by atoms with van der Waals surface area (Å²) in [7, 11) is 1.98. The van der Waals surface area contributed by atoms with Gasteiger partial charge in [0.05, 0.1) is 12.3 Å². The molecule has 0 aliphatic heterocycles. The van der Waals surface area contributed by atoms with Crippen LogP contribution in [0.25, 0.3) is 0 Å². The molecule has 1 N–H and O–H groups in total. The number of benzene rings is 1. The van der Waals surface area contributed by atoms with Gasteiger partial charge in [0.2, 0.25) is 0 Å². The van der Waals surface area contributed by atoms with Gasteiger partial charge in [-0.1, -0.05) is 18.2 Å². The Morgan fingerprint density at radius 1 is 1.25 bits per heavy atom. The van der Waals surface area contributed by atoms with Gasteiger partial charge in [-0.05, 0) is 26.8 Å². The molecule has 0 atom stereocenters. The standard InChI is InChI=1S/C16H23N3O/c1-5-20-11-14-8-6-7-9-16(14)17-10-15-12(2)18-19(4)13(15)3/h6-9,17H,5,10-11H2,1-4H3. The SMILES string of the molecule is CCOCc1ccccc1NCc1c(C)nn(C)c1C. The van der Waals surface area contributed by atoms with E-state index in [0.29, 0.717) is 6.61 Å². The summed E-state index contributed by atoms with van der Waals surface area (Å²) in [6.45, 7) is 8.33. The van der Waals surface area contributed by atoms with Gasteiger partial charge in [0, 0.05) is 42.7 Å². The molecule has 0 fully saturated rings. The average molecular weight is 273 g/mol. The predicted octanol–water partition coefficient (Wildman–Crippen LogP) is 3.19. The van der Waals surface area contributed by atoms with Crippen LogP contribution in [0.1, 0.15) is 29.4 Å². The Hall–Kier alpha value is -1.81. The first-order valence-corrected chi connectivity index (χ1v) is 7.02. The van der Waals surface area contributed by atoms with E-state index in [4.69, 9.17) is 4.74 Å². The summed E-state index contributed by atoms with van der Waals surface area (Å²) < 4.78 is 7.44. The smallest absolute Gasteiger partial charge is 0.0736 e. The minimum atomic E-state index is 0.644. The zero-order valence-electron chi connectivity index (χ0n) is 12.7. The number of aryl methyl sites for hydroxylation is 2. The minimum Gasteiger partial charge on any atom is -0.381 e. The summed E-state index contributed by atoms with van der Waals surface area (Å²) in [4.78, 5) is 0. The maximum absolute atomic E-state index is 5.51. The van der Waals surface area contributed by atoms with Crippen molar-refractivity contribution >= 4 is 5.69 Å². The summed E-state index contributed by atoms with van der Waals surface area (Å²) in [5.74, 6) is 0. The third-order valence-corrected chi connectivity index (χ3v) is 3.59. The number of rotatable bonds is 6. The first-order chi connectivity index (χ1) is 9.63. The van der Waals surface area contributed by atoms with E-state index in [-0.39, 0.29) is 0 Å². The van der Waals surface area contributed by atoms with E-state index in [0.717, 1.165) is 24.5 Å². The Labute approximate surface area is 120 Å². The molecule has 108 valence electrons. The summed E-state index contributed by atoms with van der Waals surface area (Å²) in [5, 5.41) is 7.95. The molecule has 1 heterocycles. The molecular formula is C16H23N3O. The summed E-state index contributed by atoms with van der Waals surface area (Å²) in [5.41, 5.74) is 5.87. The molecule has 0 saturated heterocycles. The van der Waals surface area contributed by atoms with Crippen LogP contribution in [-0.2, 0) is 24.9 Å². The van der Waals surface area contributed by atoms with Crippen LogP contribution in [0.3, 0.4) is 0 Å². The zero-order valence-corrected chi connectivity index (χ0v) is 12.7. The van der Waals surface area contributed by atoms with Crippen LogP contribution in [0, 0.1) is 13.8 Å². The van der Waals surface area contributed by atoms with Crippen LogP contribution in [0.15, 0.2) is 24.3 Å². The highest BCUT2D eigenvalue weighted by atomic mass is 16.5. The van der Waals surface area contributed by atoms with E-state index >= 15 is 0 Å². The lowest BCUT2D eigenvalue weighted by molar-refractivity contribution is 0.134. The van der Waals surface area contributed by atoms with Crippen molar-refractivity contribution in [2.75, 3.05) is 11.9 Å². The lowest BCUT2D eigenvalue weighted by Gasteiger charge is -2.12. The van der Waals surface area contributed by atoms with E-state index in [1.54, 1.807) is 0 Å². The average Bonchev–Trinajstić information content (AvgIpc) is 2.69. The van der Waals surface area contributed by atoms with E-state index in [1.807, 2.05) is 30.8 Å². The van der Waals surface area contributed by atoms with Gasteiger partial charge < -0.3 is 10.1 Å². The Bertz CT molecular complexity index is 575. The molecule has 0 spiro atoms. The first-order valence-electron chi connectivity index (χ1n) is 7.02. The molecule has 4 heteroatoms. The van der Waals surface area contributed by atoms with E-state index in [1.165, 1.54) is 16.8 Å². The van der Waals surface area contributed by atoms with Gasteiger partial charge in [-0.2, -0.15) is 5.10 Å². The second kappa shape index (κ2) is 6.57. The second-order valence-corrected chi connectivity index (χ2v) is 4.92. The molecule has 0 amide bonds. The van der Waals surface area contributed by atoms with Crippen LogP contribution >= 0.6 is 0 Å². The third kappa shape index (κ3) is 3.20. The Kier molecular flexibility index (Phi) is 4.79. The minimum absolute atomic E-state index is 0.644. The lowest BCUT2D eigenvalue weighted by Crippen LogP contribution is -2.05. The fourth-order valence-electron chi connectivity index (χ4n) is 2.29. The molecular weight excluding hydrogens is 250 g/mol. The maximum Gasteiger partial charge on any atom is 0.0736 e. The van der Waals surface area contributed by atoms with Gasteiger partial charge in [0.1, 0.15) is 0 Å². The number of nitrogens with zero attached hydrogens (tertiary/aromatic N) is 2. The number of nitrogens with one attached hydrogen (secondary N) is 1. The first kappa shape index (κ1) is 14.6. The van der Waals surface area contributed by atoms with Gasteiger partial charge in [-0.15, -0.1) is 0 Å². The van der Waals surface area contributed by atoms with Gasteiger partial charge in [0.25, 0.3) is 0 Å². The molecule has 20 heavy (non-hydrogen) atoms. The molecule has 2 rings (SSSR count). The van der Waals surface area contributed by atoms with Crippen molar-refractivity contribution in [3.8, 4) is 0 Å². The van der Waals surface area contributed by atoms with Crippen molar-refractivity contribution in [1.82, 2.24) is 9.78 Å². The normalized spacial score (nSPS) is 10.8. The number of ether oxygens (including phenoxy) is 1. The number of anilines is 1. The topological polar surface area (TPSA) is 39.1 Å². The van der Waals surface area contributed by atoms with Gasteiger partial charge in [-0.25, -0.2) is 0 Å². The Balaban J connectivity index is 2.10. The van der Waals surface area contributed by atoms with Gasteiger partial charge >= 0.3 is 0 Å². The molecule has 0 aliphatic carbocycles. The van der Waals surface area contributed by atoms with Crippen LogP contribution in [0.5, 0.6) is 0 Å². The van der Waals surface area contributed by atoms with Crippen molar-refractivity contribution in [2.24, 2.45) is 7.05 Å². The van der Waals surface area contributed by atoms with Crippen molar-refractivity contribution < 1.29 is 4.74 Å². The maximum atomic E-state index is 5.51. The van der Waals surface area contributed by atoms with Crippen molar-refractivity contribution in [3.05, 3.63) is 46.8 Å². The molecule has 4 nitrogen and oxygen atoms in total. The van der Waals surface area contributed by atoms with Gasteiger partial charge in [0.15, 0.2) is 0 Å². The molecule has 1 aromatic carbocycles. The highest BCUT2D eigenvalue weighted by Gasteiger charge is 2.09. The number of aromatic nitrogens is 2. The lowest BCUT2D eigenvalue weighted by atomic mass is 10.1. The number of para-hydroxylation sites is 1. The van der Waals surface area contributed by atoms with Crippen LogP contribution in [0.2, 0.25) is 0 Å². The Morgan fingerprint density at radius 2 is 2.00 bits per heavy atom. The molecule has 0 bridgehead atoms. The molecule has 0 saturated carbocycles. The molecule has 0 aliphatic rings. The van der Waals surface area contributed by atoms with Crippen LogP contribution in [-0.4, -0.2) is 16.4 Å². The van der Waals surface area contributed by atoms with Crippen molar-refractivity contribution in [2.45, 2.75) is 33.9 Å². The summed E-state index contributed by atoms with van der Waals surface area (Å²) in [6, 6.07) is 8.27. The molecule has 0 unspecified atom stereocenters. The zero-order chi connectivity index (χ0) is 14.5. The van der Waals surface area contributed by atoms with E-state index < -0.39 is 0 Å². The molecule has 0 radical (unpaired) electrons. The second-order valence-electron chi connectivity index (χ2n) is 4.92. The summed E-state index contributed by atoms with van der Waals surface area (Å²) in [6.07, 6.45) is 0. The highest BCUT2D eigenvalue weighted by molar-refractivity contribution is 5.51.